The number of aryl methyl sites for hydroxylation is 1. The van der Waals surface area contributed by atoms with Crippen LogP contribution in [0.4, 0.5) is 5.69 Å². The van der Waals surface area contributed by atoms with Crippen LogP contribution in [0.3, 0.4) is 0 Å². The Kier molecular flexibility index (Phi) is 4.74. The molecule has 0 bridgehead atoms. The van der Waals surface area contributed by atoms with E-state index in [9.17, 15) is 9.59 Å². The van der Waals surface area contributed by atoms with Crippen LogP contribution >= 0.6 is 0 Å². The SMILES string of the molecule is Nc1ccc2c(c1)CCCC2NC(=O)CNC(=O)c1ccccn1. The van der Waals surface area contributed by atoms with Crippen molar-refractivity contribution in [1.82, 2.24) is 15.6 Å². The van der Waals surface area contributed by atoms with Gasteiger partial charge in [0.1, 0.15) is 5.69 Å². The molecule has 0 saturated heterocycles. The third-order valence-corrected chi connectivity index (χ3v) is 4.12. The highest BCUT2D eigenvalue weighted by Crippen LogP contribution is 2.30. The molecule has 0 spiro atoms. The maximum atomic E-state index is 12.2. The molecule has 1 atom stereocenters. The first kappa shape index (κ1) is 16.0. The number of hydrogen-bond acceptors (Lipinski definition) is 4. The molecule has 0 fully saturated rings. The van der Waals surface area contributed by atoms with Crippen molar-refractivity contribution in [2.45, 2.75) is 25.3 Å². The summed E-state index contributed by atoms with van der Waals surface area (Å²) in [4.78, 5) is 28.0. The standard InChI is InChI=1S/C18H20N4O2/c19-13-7-8-14-12(10-13)4-3-6-15(14)22-17(23)11-21-18(24)16-5-1-2-9-20-16/h1-2,5,7-10,15H,3-4,6,11,19H2,(H,21,24)(H,22,23). The van der Waals surface area contributed by atoms with E-state index in [1.807, 2.05) is 18.2 Å². The summed E-state index contributed by atoms with van der Waals surface area (Å²) in [6.07, 6.45) is 4.40. The molecule has 2 aromatic rings. The summed E-state index contributed by atoms with van der Waals surface area (Å²) in [7, 11) is 0. The Balaban J connectivity index is 1.57. The topological polar surface area (TPSA) is 97.1 Å². The second-order valence-corrected chi connectivity index (χ2v) is 5.87. The lowest BCUT2D eigenvalue weighted by Gasteiger charge is -2.26. The second-order valence-electron chi connectivity index (χ2n) is 5.87. The van der Waals surface area contributed by atoms with Crippen molar-refractivity contribution in [2.24, 2.45) is 0 Å². The van der Waals surface area contributed by atoms with E-state index >= 15 is 0 Å². The van der Waals surface area contributed by atoms with E-state index < -0.39 is 0 Å². The highest BCUT2D eigenvalue weighted by Gasteiger charge is 2.22. The monoisotopic (exact) mass is 324 g/mol. The largest absolute Gasteiger partial charge is 0.399 e. The number of benzene rings is 1. The number of anilines is 1. The summed E-state index contributed by atoms with van der Waals surface area (Å²) < 4.78 is 0. The molecule has 24 heavy (non-hydrogen) atoms. The molecular weight excluding hydrogens is 304 g/mol. The molecule has 1 aliphatic rings. The number of carbonyl (C=O) groups is 2. The van der Waals surface area contributed by atoms with Crippen LogP contribution in [-0.4, -0.2) is 23.3 Å². The molecule has 6 heteroatoms. The zero-order chi connectivity index (χ0) is 16.9. The molecule has 2 amide bonds. The van der Waals surface area contributed by atoms with Crippen molar-refractivity contribution >= 4 is 17.5 Å². The third kappa shape index (κ3) is 3.71. The lowest BCUT2D eigenvalue weighted by atomic mass is 9.87. The van der Waals surface area contributed by atoms with E-state index in [0.29, 0.717) is 5.69 Å². The van der Waals surface area contributed by atoms with E-state index in [1.165, 1.54) is 5.56 Å². The van der Waals surface area contributed by atoms with Crippen molar-refractivity contribution in [3.05, 3.63) is 59.4 Å². The molecule has 1 heterocycles. The molecule has 1 unspecified atom stereocenters. The van der Waals surface area contributed by atoms with E-state index in [1.54, 1.807) is 24.4 Å². The summed E-state index contributed by atoms with van der Waals surface area (Å²) in [6.45, 7) is -0.0732. The second kappa shape index (κ2) is 7.12. The Morgan fingerprint density at radius 3 is 2.92 bits per heavy atom. The van der Waals surface area contributed by atoms with E-state index in [2.05, 4.69) is 15.6 Å². The number of nitrogens with two attached hydrogens (primary N) is 1. The molecule has 0 radical (unpaired) electrons. The summed E-state index contributed by atoms with van der Waals surface area (Å²) >= 11 is 0. The van der Waals surface area contributed by atoms with E-state index in [-0.39, 0.29) is 24.4 Å². The number of nitrogens with one attached hydrogen (secondary N) is 2. The minimum absolute atomic E-state index is 0.0337. The summed E-state index contributed by atoms with van der Waals surface area (Å²) in [5.74, 6) is -0.573. The van der Waals surface area contributed by atoms with Crippen molar-refractivity contribution < 1.29 is 9.59 Å². The van der Waals surface area contributed by atoms with Gasteiger partial charge in [-0.2, -0.15) is 0 Å². The van der Waals surface area contributed by atoms with Crippen molar-refractivity contribution in [3.63, 3.8) is 0 Å². The molecule has 4 N–H and O–H groups in total. The Labute approximate surface area is 140 Å². The van der Waals surface area contributed by atoms with E-state index in [4.69, 9.17) is 5.73 Å². The molecule has 0 saturated carbocycles. The van der Waals surface area contributed by atoms with Gasteiger partial charge in [-0.1, -0.05) is 12.1 Å². The molecular formula is C18H20N4O2. The molecule has 1 aliphatic carbocycles. The van der Waals surface area contributed by atoms with Crippen LogP contribution in [0.15, 0.2) is 42.6 Å². The molecule has 1 aromatic heterocycles. The van der Waals surface area contributed by atoms with Crippen LogP contribution in [0.5, 0.6) is 0 Å². The predicted molar refractivity (Wildman–Crippen MR) is 91.2 cm³/mol. The van der Waals surface area contributed by atoms with Gasteiger partial charge in [-0.05, 0) is 54.7 Å². The molecule has 1 aromatic carbocycles. The van der Waals surface area contributed by atoms with Crippen molar-refractivity contribution in [3.8, 4) is 0 Å². The van der Waals surface area contributed by atoms with Crippen LogP contribution < -0.4 is 16.4 Å². The fraction of sp³-hybridized carbons (Fsp3) is 0.278. The molecule has 3 rings (SSSR count). The third-order valence-electron chi connectivity index (χ3n) is 4.12. The van der Waals surface area contributed by atoms with Gasteiger partial charge in [0.05, 0.1) is 12.6 Å². The number of aromatic nitrogens is 1. The smallest absolute Gasteiger partial charge is 0.270 e. The fourth-order valence-electron chi connectivity index (χ4n) is 2.98. The van der Waals surface area contributed by atoms with Crippen LogP contribution in [0.25, 0.3) is 0 Å². The Morgan fingerprint density at radius 2 is 2.12 bits per heavy atom. The van der Waals surface area contributed by atoms with Crippen molar-refractivity contribution in [1.29, 1.82) is 0 Å². The lowest BCUT2D eigenvalue weighted by Crippen LogP contribution is -2.39. The summed E-state index contributed by atoms with van der Waals surface area (Å²) in [5, 5.41) is 5.57. The average molecular weight is 324 g/mol. The zero-order valence-electron chi connectivity index (χ0n) is 13.3. The van der Waals surface area contributed by atoms with Gasteiger partial charge < -0.3 is 16.4 Å². The first-order chi connectivity index (χ1) is 11.6. The number of nitrogens with zero attached hydrogens (tertiary/aromatic N) is 1. The Hall–Kier alpha value is -2.89. The van der Waals surface area contributed by atoms with Gasteiger partial charge in [-0.25, -0.2) is 0 Å². The first-order valence-corrected chi connectivity index (χ1v) is 8.00. The van der Waals surface area contributed by atoms with Gasteiger partial charge in [0.25, 0.3) is 5.91 Å². The number of pyridine rings is 1. The summed E-state index contributed by atoms with van der Waals surface area (Å²) in [5.41, 5.74) is 9.15. The number of hydrogen-bond donors (Lipinski definition) is 3. The normalized spacial score (nSPS) is 16.1. The van der Waals surface area contributed by atoms with Crippen molar-refractivity contribution in [2.75, 3.05) is 12.3 Å². The fourth-order valence-corrected chi connectivity index (χ4v) is 2.98. The minimum atomic E-state index is -0.359. The van der Waals surface area contributed by atoms with Crippen LogP contribution in [0, 0.1) is 0 Å². The Bertz CT molecular complexity index is 746. The van der Waals surface area contributed by atoms with Gasteiger partial charge in [0.15, 0.2) is 0 Å². The number of rotatable bonds is 4. The number of carbonyl (C=O) groups excluding carboxylic acids is 2. The summed E-state index contributed by atoms with van der Waals surface area (Å²) in [6, 6.07) is 10.8. The highest BCUT2D eigenvalue weighted by atomic mass is 16.2. The minimum Gasteiger partial charge on any atom is -0.399 e. The quantitative estimate of drug-likeness (QED) is 0.744. The lowest BCUT2D eigenvalue weighted by molar-refractivity contribution is -0.121. The molecule has 6 nitrogen and oxygen atoms in total. The maximum Gasteiger partial charge on any atom is 0.270 e. The molecule has 124 valence electrons. The molecule has 0 aliphatic heterocycles. The zero-order valence-corrected chi connectivity index (χ0v) is 13.3. The van der Waals surface area contributed by atoms with Gasteiger partial charge in [-0.15, -0.1) is 0 Å². The van der Waals surface area contributed by atoms with Gasteiger partial charge in [0.2, 0.25) is 5.91 Å². The van der Waals surface area contributed by atoms with Gasteiger partial charge >= 0.3 is 0 Å². The van der Waals surface area contributed by atoms with Gasteiger partial charge in [-0.3, -0.25) is 14.6 Å². The van der Waals surface area contributed by atoms with Gasteiger partial charge in [0, 0.05) is 11.9 Å². The van der Waals surface area contributed by atoms with E-state index in [0.717, 1.165) is 30.5 Å². The highest BCUT2D eigenvalue weighted by molar-refractivity contribution is 5.94. The van der Waals surface area contributed by atoms with Crippen LogP contribution in [-0.2, 0) is 11.2 Å². The maximum absolute atomic E-state index is 12.2. The Morgan fingerprint density at radius 1 is 1.25 bits per heavy atom. The predicted octanol–water partition coefficient (Wildman–Crippen LogP) is 1.59. The number of amides is 2. The first-order valence-electron chi connectivity index (χ1n) is 8.00. The number of nitrogen functional groups attached to an aromatic ring is 1. The number of fused-ring (bicyclic) bond motifs is 1. The van der Waals surface area contributed by atoms with Crippen LogP contribution in [0.2, 0.25) is 0 Å². The van der Waals surface area contributed by atoms with Crippen LogP contribution in [0.1, 0.15) is 40.5 Å². The average Bonchev–Trinajstić information content (AvgIpc) is 2.60.